The molecule has 0 radical (unpaired) electrons. The number of amides is 1. The number of ether oxygens (including phenoxy) is 1. The van der Waals surface area contributed by atoms with E-state index in [9.17, 15) is 4.79 Å². The van der Waals surface area contributed by atoms with Crippen LogP contribution < -0.4 is 10.1 Å². The summed E-state index contributed by atoms with van der Waals surface area (Å²) in [5.74, 6) is 1.16. The fourth-order valence-electron chi connectivity index (χ4n) is 5.62. The van der Waals surface area contributed by atoms with E-state index >= 15 is 0 Å². The van der Waals surface area contributed by atoms with Gasteiger partial charge in [0, 0.05) is 19.3 Å². The predicted octanol–water partition coefficient (Wildman–Crippen LogP) is 4.82. The van der Waals surface area contributed by atoms with Gasteiger partial charge in [0.1, 0.15) is 12.4 Å². The average Bonchev–Trinajstić information content (AvgIpc) is 3.33. The molecular formula is C30H38N4O2. The van der Waals surface area contributed by atoms with Crippen LogP contribution in [0.3, 0.4) is 0 Å². The normalized spacial score (nSPS) is 21.0. The van der Waals surface area contributed by atoms with Gasteiger partial charge in [-0.2, -0.15) is 0 Å². The number of fused-ring (bicyclic) bond motifs is 1. The number of rotatable bonds is 4. The predicted molar refractivity (Wildman–Crippen MR) is 142 cm³/mol. The summed E-state index contributed by atoms with van der Waals surface area (Å²) < 4.78 is 8.33. The first kappa shape index (κ1) is 24.6. The van der Waals surface area contributed by atoms with E-state index in [4.69, 9.17) is 4.74 Å². The zero-order valence-electron chi connectivity index (χ0n) is 21.4. The van der Waals surface area contributed by atoms with E-state index in [-0.39, 0.29) is 17.4 Å². The fourth-order valence-corrected chi connectivity index (χ4v) is 5.62. The van der Waals surface area contributed by atoms with Gasteiger partial charge in [0.2, 0.25) is 5.91 Å². The third kappa shape index (κ3) is 5.81. The lowest BCUT2D eigenvalue weighted by Crippen LogP contribution is -2.51. The van der Waals surface area contributed by atoms with Crippen LogP contribution in [0.4, 0.5) is 0 Å². The number of piperidine rings is 1. The molecule has 0 aliphatic carbocycles. The van der Waals surface area contributed by atoms with Gasteiger partial charge in [0.05, 0.1) is 23.5 Å². The van der Waals surface area contributed by atoms with Crippen molar-refractivity contribution in [2.24, 2.45) is 5.41 Å². The highest BCUT2D eigenvalue weighted by molar-refractivity contribution is 5.83. The summed E-state index contributed by atoms with van der Waals surface area (Å²) in [6.45, 7) is 6.10. The molecule has 1 aromatic heterocycles. The Labute approximate surface area is 214 Å². The van der Waals surface area contributed by atoms with Crippen LogP contribution in [-0.4, -0.2) is 46.1 Å². The summed E-state index contributed by atoms with van der Waals surface area (Å²) in [4.78, 5) is 20.4. The number of aryl methyl sites for hydroxylation is 1. The quantitative estimate of drug-likeness (QED) is 0.574. The molecule has 1 N–H and O–H groups in total. The molecule has 1 saturated heterocycles. The van der Waals surface area contributed by atoms with Crippen LogP contribution in [0.2, 0.25) is 0 Å². The maximum absolute atomic E-state index is 13.5. The third-order valence-corrected chi connectivity index (χ3v) is 7.87. The highest BCUT2D eigenvalue weighted by Crippen LogP contribution is 2.38. The van der Waals surface area contributed by atoms with E-state index < -0.39 is 0 Å². The second kappa shape index (κ2) is 11.3. The van der Waals surface area contributed by atoms with E-state index in [0.29, 0.717) is 6.61 Å². The van der Waals surface area contributed by atoms with Crippen molar-refractivity contribution in [2.75, 3.05) is 19.7 Å². The molecule has 5 rings (SSSR count). The largest absolute Gasteiger partial charge is 0.491 e. The maximum Gasteiger partial charge on any atom is 0.226 e. The summed E-state index contributed by atoms with van der Waals surface area (Å²) in [5, 5.41) is 3.29. The Bertz CT molecular complexity index is 1130. The summed E-state index contributed by atoms with van der Waals surface area (Å²) in [5.41, 5.74) is 3.49. The summed E-state index contributed by atoms with van der Waals surface area (Å²) in [6.07, 6.45) is 9.79. The molecule has 6 nitrogen and oxygen atoms in total. The first-order chi connectivity index (χ1) is 17.6. The number of carbonyl (C=O) groups is 1. The van der Waals surface area contributed by atoms with Crippen molar-refractivity contribution in [3.63, 3.8) is 0 Å². The molecular weight excluding hydrogens is 448 g/mol. The Hall–Kier alpha value is -3.12. The van der Waals surface area contributed by atoms with Gasteiger partial charge in [-0.3, -0.25) is 9.69 Å². The van der Waals surface area contributed by atoms with Crippen molar-refractivity contribution in [3.05, 3.63) is 83.9 Å². The highest BCUT2D eigenvalue weighted by atomic mass is 16.5. The standard InChI is InChI=1S/C30H38N4O2/c1-24-22-36-28-13-6-5-11-26(28)12-7-8-14-30(29(35)32-24)15-17-33(18-16-30)21-27-19-31-23-34(27)20-25-9-3-2-4-10-25/h2-6,9-11,13,19,23-24H,7-8,12,14-18,20-22H2,1H3,(H,32,35)/t24-/m1/s1. The molecule has 1 amide bonds. The van der Waals surface area contributed by atoms with Crippen molar-refractivity contribution in [1.82, 2.24) is 19.8 Å². The van der Waals surface area contributed by atoms with Gasteiger partial charge in [-0.05, 0) is 69.3 Å². The smallest absolute Gasteiger partial charge is 0.226 e. The van der Waals surface area contributed by atoms with Crippen molar-refractivity contribution in [2.45, 2.75) is 64.6 Å². The molecule has 3 heterocycles. The Morgan fingerprint density at radius 3 is 2.61 bits per heavy atom. The molecule has 1 spiro atoms. The van der Waals surface area contributed by atoms with Gasteiger partial charge in [-0.15, -0.1) is 0 Å². The molecule has 1 atom stereocenters. The van der Waals surface area contributed by atoms with Crippen LogP contribution in [0.25, 0.3) is 0 Å². The molecule has 0 unspecified atom stereocenters. The zero-order chi connectivity index (χ0) is 24.8. The Morgan fingerprint density at radius 1 is 1.00 bits per heavy atom. The van der Waals surface area contributed by atoms with Gasteiger partial charge in [-0.1, -0.05) is 55.0 Å². The molecule has 3 aromatic rings. The molecule has 0 saturated carbocycles. The Morgan fingerprint density at radius 2 is 1.78 bits per heavy atom. The summed E-state index contributed by atoms with van der Waals surface area (Å²) in [7, 11) is 0. The lowest BCUT2D eigenvalue weighted by atomic mass is 9.73. The van der Waals surface area contributed by atoms with Gasteiger partial charge < -0.3 is 14.6 Å². The van der Waals surface area contributed by atoms with Crippen molar-refractivity contribution in [1.29, 1.82) is 0 Å². The second-order valence-corrected chi connectivity index (χ2v) is 10.6. The zero-order valence-corrected chi connectivity index (χ0v) is 21.4. The number of nitrogens with one attached hydrogen (secondary N) is 1. The van der Waals surface area contributed by atoms with E-state index in [1.807, 2.05) is 37.6 Å². The van der Waals surface area contributed by atoms with Crippen molar-refractivity contribution in [3.8, 4) is 5.75 Å². The number of imidazole rings is 1. The van der Waals surface area contributed by atoms with Crippen LogP contribution in [0, 0.1) is 5.41 Å². The van der Waals surface area contributed by atoms with Crippen LogP contribution in [0.5, 0.6) is 5.75 Å². The van der Waals surface area contributed by atoms with Gasteiger partial charge in [-0.25, -0.2) is 4.98 Å². The van der Waals surface area contributed by atoms with Crippen LogP contribution in [-0.2, 0) is 24.3 Å². The first-order valence-electron chi connectivity index (χ1n) is 13.4. The molecule has 2 aromatic carbocycles. The van der Waals surface area contributed by atoms with Gasteiger partial charge in [0.15, 0.2) is 0 Å². The number of para-hydroxylation sites is 1. The number of nitrogens with zero attached hydrogens (tertiary/aromatic N) is 3. The van der Waals surface area contributed by atoms with E-state index in [1.165, 1.54) is 16.8 Å². The minimum Gasteiger partial charge on any atom is -0.491 e. The number of benzene rings is 2. The first-order valence-corrected chi connectivity index (χ1v) is 13.4. The minimum atomic E-state index is -0.284. The summed E-state index contributed by atoms with van der Waals surface area (Å²) in [6, 6.07) is 18.8. The highest BCUT2D eigenvalue weighted by Gasteiger charge is 2.41. The average molecular weight is 487 g/mol. The number of carbonyl (C=O) groups excluding carboxylic acids is 1. The number of likely N-dealkylation sites (tertiary alicyclic amines) is 1. The molecule has 6 heteroatoms. The Balaban J connectivity index is 1.22. The molecule has 1 fully saturated rings. The monoisotopic (exact) mass is 486 g/mol. The van der Waals surface area contributed by atoms with Crippen molar-refractivity contribution < 1.29 is 9.53 Å². The van der Waals surface area contributed by atoms with Gasteiger partial charge in [0.25, 0.3) is 0 Å². The van der Waals surface area contributed by atoms with Crippen LogP contribution >= 0.6 is 0 Å². The van der Waals surface area contributed by atoms with E-state index in [1.54, 1.807) is 0 Å². The molecule has 36 heavy (non-hydrogen) atoms. The maximum atomic E-state index is 13.5. The molecule has 0 bridgehead atoms. The molecule has 2 aliphatic rings. The second-order valence-electron chi connectivity index (χ2n) is 10.6. The van der Waals surface area contributed by atoms with E-state index in [2.05, 4.69) is 56.2 Å². The number of aromatic nitrogens is 2. The third-order valence-electron chi connectivity index (χ3n) is 7.87. The SMILES string of the molecule is C[C@@H]1COc2ccccc2CCCCC2(CCN(Cc3cncn3Cc3ccccc3)CC2)C(=O)N1. The number of hydrogen-bond donors (Lipinski definition) is 1. The van der Waals surface area contributed by atoms with E-state index in [0.717, 1.165) is 70.5 Å². The van der Waals surface area contributed by atoms with Crippen molar-refractivity contribution >= 4 is 5.91 Å². The Kier molecular flexibility index (Phi) is 7.71. The lowest BCUT2D eigenvalue weighted by molar-refractivity contribution is -0.135. The molecule has 190 valence electrons. The van der Waals surface area contributed by atoms with Gasteiger partial charge >= 0.3 is 0 Å². The lowest BCUT2D eigenvalue weighted by Gasteiger charge is -2.41. The fraction of sp³-hybridized carbons (Fsp3) is 0.467. The molecule has 2 aliphatic heterocycles. The van der Waals surface area contributed by atoms with Crippen LogP contribution in [0.1, 0.15) is 55.8 Å². The van der Waals surface area contributed by atoms with Crippen LogP contribution in [0.15, 0.2) is 67.1 Å². The number of hydrogen-bond acceptors (Lipinski definition) is 4. The minimum absolute atomic E-state index is 0.0211. The topological polar surface area (TPSA) is 59.4 Å². The summed E-state index contributed by atoms with van der Waals surface area (Å²) >= 11 is 0.